The first-order chi connectivity index (χ1) is 4.41. The normalized spacial score (nSPS) is 8.89. The molecule has 0 aromatic rings. The van der Waals surface area contributed by atoms with Crippen molar-refractivity contribution in [3.63, 3.8) is 0 Å². The van der Waals surface area contributed by atoms with Gasteiger partial charge < -0.3 is 5.32 Å². The Kier molecular flexibility index (Phi) is 6.99. The first-order valence-corrected chi connectivity index (χ1v) is 3.12. The molecule has 0 bridgehead atoms. The van der Waals surface area contributed by atoms with Gasteiger partial charge in [0, 0.05) is 13.0 Å². The predicted octanol–water partition coefficient (Wildman–Crippen LogP) is 0.959. The Bertz CT molecular complexity index is 85.4. The van der Waals surface area contributed by atoms with E-state index in [0.717, 1.165) is 19.4 Å². The highest BCUT2D eigenvalue weighted by atomic mass is 19.1. The van der Waals surface area contributed by atoms with Crippen molar-refractivity contribution in [1.29, 1.82) is 0 Å². The third kappa shape index (κ3) is 7.45. The molecule has 2 heteroatoms. The summed E-state index contributed by atoms with van der Waals surface area (Å²) in [7, 11) is 0. The maximum absolute atomic E-state index is 11.4. The van der Waals surface area contributed by atoms with Gasteiger partial charge in [-0.3, -0.25) is 0 Å². The minimum absolute atomic E-state index is 0.296. The molecule has 0 aliphatic carbocycles. The van der Waals surface area contributed by atoms with E-state index >= 15 is 0 Å². The summed E-state index contributed by atoms with van der Waals surface area (Å²) in [5.74, 6) is 2.51. The van der Waals surface area contributed by atoms with Crippen molar-refractivity contribution in [1.82, 2.24) is 5.32 Å². The summed E-state index contributed by atoms with van der Waals surface area (Å²) in [5.41, 5.74) is 0. The van der Waals surface area contributed by atoms with Crippen molar-refractivity contribution < 1.29 is 4.39 Å². The molecule has 1 N–H and O–H groups in total. The molecule has 0 aromatic carbocycles. The number of unbranched alkanes of at least 4 members (excludes halogenated alkanes) is 1. The maximum Gasteiger partial charge on any atom is 0.102 e. The highest BCUT2D eigenvalue weighted by Gasteiger charge is 1.83. The molecular weight excluding hydrogens is 117 g/mol. The fourth-order valence-electron chi connectivity index (χ4n) is 0.507. The van der Waals surface area contributed by atoms with E-state index in [0.29, 0.717) is 6.54 Å². The summed E-state index contributed by atoms with van der Waals surface area (Å²) < 4.78 is 11.4. The summed E-state index contributed by atoms with van der Waals surface area (Å²) in [6, 6.07) is 0. The van der Waals surface area contributed by atoms with Gasteiger partial charge in [0.15, 0.2) is 0 Å². The number of terminal acetylenes is 1. The summed E-state index contributed by atoms with van der Waals surface area (Å²) >= 11 is 0. The standard InChI is InChI=1S/C7H12FN/c1-2-3-4-6-9-7-5-8/h1,9H,3-7H2. The summed E-state index contributed by atoms with van der Waals surface area (Å²) in [6.07, 6.45) is 6.71. The van der Waals surface area contributed by atoms with Crippen molar-refractivity contribution in [2.45, 2.75) is 12.8 Å². The number of hydrogen-bond donors (Lipinski definition) is 1. The first-order valence-electron chi connectivity index (χ1n) is 3.12. The monoisotopic (exact) mass is 129 g/mol. The molecule has 0 atom stereocenters. The zero-order chi connectivity index (χ0) is 6.95. The van der Waals surface area contributed by atoms with Crippen LogP contribution in [0.5, 0.6) is 0 Å². The number of alkyl halides is 1. The largest absolute Gasteiger partial charge is 0.314 e. The molecule has 0 spiro atoms. The lowest BCUT2D eigenvalue weighted by molar-refractivity contribution is 0.466. The molecule has 0 aliphatic heterocycles. The van der Waals surface area contributed by atoms with E-state index in [-0.39, 0.29) is 6.67 Å². The molecule has 0 amide bonds. The van der Waals surface area contributed by atoms with Crippen molar-refractivity contribution >= 4 is 0 Å². The van der Waals surface area contributed by atoms with Crippen molar-refractivity contribution in [2.75, 3.05) is 19.8 Å². The van der Waals surface area contributed by atoms with Crippen LogP contribution in [0.3, 0.4) is 0 Å². The predicted molar refractivity (Wildman–Crippen MR) is 36.9 cm³/mol. The molecule has 0 heterocycles. The topological polar surface area (TPSA) is 12.0 Å². The van der Waals surface area contributed by atoms with Gasteiger partial charge in [0.25, 0.3) is 0 Å². The van der Waals surface area contributed by atoms with E-state index in [1.807, 2.05) is 0 Å². The van der Waals surface area contributed by atoms with Crippen LogP contribution >= 0.6 is 0 Å². The van der Waals surface area contributed by atoms with Gasteiger partial charge in [0.05, 0.1) is 0 Å². The van der Waals surface area contributed by atoms with E-state index < -0.39 is 0 Å². The van der Waals surface area contributed by atoms with Crippen LogP contribution in [0, 0.1) is 12.3 Å². The third-order valence-electron chi connectivity index (χ3n) is 0.946. The highest BCUT2D eigenvalue weighted by molar-refractivity contribution is 4.83. The van der Waals surface area contributed by atoms with Gasteiger partial charge in [-0.15, -0.1) is 12.3 Å². The molecule has 0 radical (unpaired) electrons. The lowest BCUT2D eigenvalue weighted by Gasteiger charge is -1.96. The van der Waals surface area contributed by atoms with E-state index in [9.17, 15) is 4.39 Å². The van der Waals surface area contributed by atoms with Gasteiger partial charge in [-0.1, -0.05) is 0 Å². The summed E-state index contributed by atoms with van der Waals surface area (Å²) in [4.78, 5) is 0. The van der Waals surface area contributed by atoms with Crippen LogP contribution < -0.4 is 5.32 Å². The quantitative estimate of drug-likeness (QED) is 0.430. The molecule has 0 saturated carbocycles. The van der Waals surface area contributed by atoms with Crippen LogP contribution in [0.15, 0.2) is 0 Å². The number of rotatable bonds is 5. The molecule has 0 fully saturated rings. The Labute approximate surface area is 55.6 Å². The number of nitrogens with one attached hydrogen (secondary N) is 1. The molecule has 9 heavy (non-hydrogen) atoms. The molecule has 1 nitrogen and oxygen atoms in total. The van der Waals surface area contributed by atoms with Gasteiger partial charge in [-0.2, -0.15) is 0 Å². The second-order valence-electron chi connectivity index (χ2n) is 1.75. The SMILES string of the molecule is C#CCCCNCCF. The fourth-order valence-corrected chi connectivity index (χ4v) is 0.507. The maximum atomic E-state index is 11.4. The second kappa shape index (κ2) is 7.45. The third-order valence-corrected chi connectivity index (χ3v) is 0.946. The Morgan fingerprint density at radius 2 is 2.22 bits per heavy atom. The summed E-state index contributed by atoms with van der Waals surface area (Å²) in [6.45, 7) is 0.981. The van der Waals surface area contributed by atoms with Crippen LogP contribution in [0.25, 0.3) is 0 Å². The molecule has 0 rings (SSSR count). The Morgan fingerprint density at radius 3 is 2.78 bits per heavy atom. The highest BCUT2D eigenvalue weighted by Crippen LogP contribution is 1.81. The van der Waals surface area contributed by atoms with E-state index in [2.05, 4.69) is 11.2 Å². The van der Waals surface area contributed by atoms with Crippen LogP contribution in [-0.2, 0) is 0 Å². The average Bonchev–Trinajstić information content (AvgIpc) is 1.89. The fraction of sp³-hybridized carbons (Fsp3) is 0.714. The lowest BCUT2D eigenvalue weighted by Crippen LogP contribution is -2.17. The van der Waals surface area contributed by atoms with Crippen LogP contribution in [0.4, 0.5) is 4.39 Å². The van der Waals surface area contributed by atoms with Gasteiger partial charge in [0.2, 0.25) is 0 Å². The molecule has 0 unspecified atom stereocenters. The Balaban J connectivity index is 2.69. The van der Waals surface area contributed by atoms with E-state index in [1.165, 1.54) is 0 Å². The second-order valence-corrected chi connectivity index (χ2v) is 1.75. The number of hydrogen-bond acceptors (Lipinski definition) is 1. The summed E-state index contributed by atoms with van der Waals surface area (Å²) in [5, 5.41) is 2.90. The Hall–Kier alpha value is -0.550. The molecular formula is C7H12FN. The molecule has 0 aromatic heterocycles. The average molecular weight is 129 g/mol. The van der Waals surface area contributed by atoms with Gasteiger partial charge in [-0.05, 0) is 13.0 Å². The van der Waals surface area contributed by atoms with Crippen molar-refractivity contribution in [3.8, 4) is 12.3 Å². The van der Waals surface area contributed by atoms with E-state index in [4.69, 9.17) is 6.42 Å². The minimum atomic E-state index is -0.296. The van der Waals surface area contributed by atoms with Crippen LogP contribution in [0.1, 0.15) is 12.8 Å². The number of halogens is 1. The van der Waals surface area contributed by atoms with Gasteiger partial charge in [-0.25, -0.2) is 4.39 Å². The van der Waals surface area contributed by atoms with Crippen LogP contribution in [0.2, 0.25) is 0 Å². The Morgan fingerprint density at radius 1 is 1.44 bits per heavy atom. The molecule has 0 saturated heterocycles. The van der Waals surface area contributed by atoms with E-state index in [1.54, 1.807) is 0 Å². The van der Waals surface area contributed by atoms with Gasteiger partial charge in [0.1, 0.15) is 6.67 Å². The molecule has 52 valence electrons. The first kappa shape index (κ1) is 8.45. The minimum Gasteiger partial charge on any atom is -0.314 e. The van der Waals surface area contributed by atoms with Gasteiger partial charge >= 0.3 is 0 Å². The van der Waals surface area contributed by atoms with Crippen LogP contribution in [-0.4, -0.2) is 19.8 Å². The lowest BCUT2D eigenvalue weighted by atomic mass is 10.3. The molecule has 0 aliphatic rings. The zero-order valence-corrected chi connectivity index (χ0v) is 5.49. The zero-order valence-electron chi connectivity index (χ0n) is 5.49. The van der Waals surface area contributed by atoms with Crippen molar-refractivity contribution in [3.05, 3.63) is 0 Å². The van der Waals surface area contributed by atoms with Crippen molar-refractivity contribution in [2.24, 2.45) is 0 Å². The smallest absolute Gasteiger partial charge is 0.102 e.